The summed E-state index contributed by atoms with van der Waals surface area (Å²) in [4.78, 5) is 16.9. The van der Waals surface area contributed by atoms with Gasteiger partial charge in [0.25, 0.3) is 5.91 Å². The first-order valence-electron chi connectivity index (χ1n) is 10.5. The molecule has 0 unspecified atom stereocenters. The van der Waals surface area contributed by atoms with Gasteiger partial charge in [-0.05, 0) is 25.0 Å². The third-order valence-corrected chi connectivity index (χ3v) is 6.03. The molecule has 2 aromatic carbocycles. The minimum absolute atomic E-state index is 0.0478. The van der Waals surface area contributed by atoms with Crippen molar-refractivity contribution in [2.45, 2.75) is 25.0 Å². The average Bonchev–Trinajstić information content (AvgIpc) is 3.13. The second kappa shape index (κ2) is 7.86. The Balaban J connectivity index is 1.71. The van der Waals surface area contributed by atoms with Crippen LogP contribution < -0.4 is 16.2 Å². The summed E-state index contributed by atoms with van der Waals surface area (Å²) in [7, 11) is 1.51. The highest BCUT2D eigenvalue weighted by molar-refractivity contribution is 6.04. The number of methoxy groups -OCH3 is 1. The van der Waals surface area contributed by atoms with Crippen LogP contribution in [0.1, 0.15) is 29.2 Å². The topological polar surface area (TPSA) is 129 Å². The molecule has 33 heavy (non-hydrogen) atoms. The number of halogens is 1. The molecule has 9 heteroatoms. The first-order valence-corrected chi connectivity index (χ1v) is 10.5. The zero-order valence-corrected chi connectivity index (χ0v) is 17.8. The van der Waals surface area contributed by atoms with E-state index in [-0.39, 0.29) is 28.7 Å². The second-order valence-electron chi connectivity index (χ2n) is 8.12. The lowest BCUT2D eigenvalue weighted by Gasteiger charge is -2.32. The Kier molecular flexibility index (Phi) is 4.98. The Labute approximate surface area is 188 Å². The van der Waals surface area contributed by atoms with Crippen LogP contribution in [-0.4, -0.2) is 39.0 Å². The Morgan fingerprint density at radius 1 is 1.21 bits per heavy atom. The van der Waals surface area contributed by atoms with Gasteiger partial charge in [0.15, 0.2) is 0 Å². The van der Waals surface area contributed by atoms with Crippen LogP contribution in [0.5, 0.6) is 5.75 Å². The standard InChI is InChI=1S/C24H22FN5O3/c1-33-20-11-18(12-5-3-2-4-6-12)28-19-10-15(17(25)9-16(19)20)22-21(24(27)32)23(26)30(29-22)13-7-14(31)8-13/h2-6,9-11,13-14,31H,7-8,26H2,1H3,(H2,27,32). The summed E-state index contributed by atoms with van der Waals surface area (Å²) >= 11 is 0. The second-order valence-corrected chi connectivity index (χ2v) is 8.12. The number of ether oxygens (including phenoxy) is 1. The fourth-order valence-electron chi connectivity index (χ4n) is 4.24. The Morgan fingerprint density at radius 2 is 1.94 bits per heavy atom. The highest BCUT2D eigenvalue weighted by Crippen LogP contribution is 2.39. The molecule has 1 aliphatic rings. The number of aliphatic hydroxyl groups is 1. The quantitative estimate of drug-likeness (QED) is 0.431. The van der Waals surface area contributed by atoms with Gasteiger partial charge in [0.2, 0.25) is 0 Å². The van der Waals surface area contributed by atoms with Crippen LogP contribution in [0.2, 0.25) is 0 Å². The minimum Gasteiger partial charge on any atom is -0.496 e. The highest BCUT2D eigenvalue weighted by atomic mass is 19.1. The van der Waals surface area contributed by atoms with Crippen molar-refractivity contribution in [2.75, 3.05) is 12.8 Å². The molecule has 1 aliphatic carbocycles. The number of amides is 1. The molecule has 4 aromatic rings. The number of nitrogens with two attached hydrogens (primary N) is 2. The first kappa shape index (κ1) is 20.9. The molecule has 0 radical (unpaired) electrons. The van der Waals surface area contributed by atoms with Crippen molar-refractivity contribution in [3.63, 3.8) is 0 Å². The molecule has 0 atom stereocenters. The van der Waals surface area contributed by atoms with E-state index < -0.39 is 17.8 Å². The molecule has 0 saturated heterocycles. The lowest BCUT2D eigenvalue weighted by atomic mass is 9.90. The summed E-state index contributed by atoms with van der Waals surface area (Å²) in [6.07, 6.45) is 0.441. The number of hydrogen-bond donors (Lipinski definition) is 3. The number of fused-ring (bicyclic) bond motifs is 1. The number of nitrogens with zero attached hydrogens (tertiary/aromatic N) is 3. The van der Waals surface area contributed by atoms with Crippen LogP contribution >= 0.6 is 0 Å². The van der Waals surface area contributed by atoms with Crippen LogP contribution in [0.3, 0.4) is 0 Å². The van der Waals surface area contributed by atoms with E-state index in [1.807, 2.05) is 30.3 Å². The van der Waals surface area contributed by atoms with Gasteiger partial charge in [-0.3, -0.25) is 4.79 Å². The lowest BCUT2D eigenvalue weighted by Crippen LogP contribution is -2.32. The molecule has 2 aromatic heterocycles. The Bertz CT molecular complexity index is 1380. The van der Waals surface area contributed by atoms with Crippen molar-refractivity contribution in [1.82, 2.24) is 14.8 Å². The van der Waals surface area contributed by atoms with Gasteiger partial charge in [-0.2, -0.15) is 5.10 Å². The monoisotopic (exact) mass is 447 g/mol. The first-order chi connectivity index (χ1) is 15.9. The van der Waals surface area contributed by atoms with E-state index >= 15 is 4.39 Å². The number of pyridine rings is 1. The molecule has 5 rings (SSSR count). The van der Waals surface area contributed by atoms with E-state index in [0.717, 1.165) is 5.56 Å². The Hall–Kier alpha value is -3.98. The minimum atomic E-state index is -0.809. The number of carbonyl (C=O) groups excluding carboxylic acids is 1. The number of benzene rings is 2. The summed E-state index contributed by atoms with van der Waals surface area (Å²) in [5, 5.41) is 14.6. The van der Waals surface area contributed by atoms with Gasteiger partial charge in [-0.25, -0.2) is 14.1 Å². The summed E-state index contributed by atoms with van der Waals surface area (Å²) in [5.41, 5.74) is 13.8. The molecule has 1 fully saturated rings. The third kappa shape index (κ3) is 3.46. The van der Waals surface area contributed by atoms with E-state index in [9.17, 15) is 9.90 Å². The fraction of sp³-hybridized carbons (Fsp3) is 0.208. The van der Waals surface area contributed by atoms with E-state index in [1.165, 1.54) is 23.9 Å². The highest BCUT2D eigenvalue weighted by Gasteiger charge is 2.34. The van der Waals surface area contributed by atoms with E-state index in [0.29, 0.717) is 35.2 Å². The maximum absolute atomic E-state index is 15.3. The average molecular weight is 447 g/mol. The van der Waals surface area contributed by atoms with E-state index in [1.54, 1.807) is 6.07 Å². The number of rotatable bonds is 5. The fourth-order valence-corrected chi connectivity index (χ4v) is 4.24. The maximum Gasteiger partial charge on any atom is 0.254 e. The van der Waals surface area contributed by atoms with Crippen molar-refractivity contribution >= 4 is 22.6 Å². The van der Waals surface area contributed by atoms with Crippen LogP contribution in [0.25, 0.3) is 33.4 Å². The van der Waals surface area contributed by atoms with Gasteiger partial charge >= 0.3 is 0 Å². The molecule has 0 aliphatic heterocycles. The molecule has 8 nitrogen and oxygen atoms in total. The maximum atomic E-state index is 15.3. The Morgan fingerprint density at radius 3 is 2.58 bits per heavy atom. The molecule has 0 bridgehead atoms. The van der Waals surface area contributed by atoms with Gasteiger partial charge in [0.05, 0.1) is 30.5 Å². The van der Waals surface area contributed by atoms with Crippen molar-refractivity contribution in [2.24, 2.45) is 5.73 Å². The van der Waals surface area contributed by atoms with Crippen LogP contribution in [0.4, 0.5) is 10.2 Å². The van der Waals surface area contributed by atoms with E-state index in [4.69, 9.17) is 21.2 Å². The molecule has 168 valence electrons. The van der Waals surface area contributed by atoms with Crippen LogP contribution in [0, 0.1) is 5.82 Å². The molecule has 5 N–H and O–H groups in total. The molecular weight excluding hydrogens is 425 g/mol. The molecule has 1 saturated carbocycles. The van der Waals surface area contributed by atoms with E-state index in [2.05, 4.69) is 5.10 Å². The van der Waals surface area contributed by atoms with Gasteiger partial charge < -0.3 is 21.3 Å². The van der Waals surface area contributed by atoms with Gasteiger partial charge in [-0.15, -0.1) is 0 Å². The number of aliphatic hydroxyl groups excluding tert-OH is 1. The van der Waals surface area contributed by atoms with Crippen molar-refractivity contribution in [1.29, 1.82) is 0 Å². The molecule has 2 heterocycles. The molecule has 1 amide bonds. The van der Waals surface area contributed by atoms with Crippen LogP contribution in [-0.2, 0) is 0 Å². The number of primary amides is 1. The number of aromatic nitrogens is 3. The summed E-state index contributed by atoms with van der Waals surface area (Å²) in [6, 6.07) is 13.9. The van der Waals surface area contributed by atoms with Crippen molar-refractivity contribution in [3.05, 3.63) is 59.9 Å². The normalized spacial score (nSPS) is 17.7. The van der Waals surface area contributed by atoms with Crippen molar-refractivity contribution < 1.29 is 19.0 Å². The van der Waals surface area contributed by atoms with Gasteiger partial charge in [-0.1, -0.05) is 30.3 Å². The van der Waals surface area contributed by atoms with Crippen LogP contribution in [0.15, 0.2) is 48.5 Å². The third-order valence-electron chi connectivity index (χ3n) is 6.03. The van der Waals surface area contributed by atoms with Crippen molar-refractivity contribution in [3.8, 4) is 28.3 Å². The zero-order chi connectivity index (χ0) is 23.3. The number of nitrogen functional groups attached to an aromatic ring is 1. The molecule has 0 spiro atoms. The predicted molar refractivity (Wildman–Crippen MR) is 122 cm³/mol. The smallest absolute Gasteiger partial charge is 0.254 e. The summed E-state index contributed by atoms with van der Waals surface area (Å²) in [6.45, 7) is 0. The number of hydrogen-bond acceptors (Lipinski definition) is 6. The summed E-state index contributed by atoms with van der Waals surface area (Å²) < 4.78 is 22.3. The molecular formula is C24H22FN5O3. The zero-order valence-electron chi connectivity index (χ0n) is 17.8. The summed E-state index contributed by atoms with van der Waals surface area (Å²) in [5.74, 6) is -0.905. The van der Waals surface area contributed by atoms with Gasteiger partial charge in [0.1, 0.15) is 28.6 Å². The predicted octanol–water partition coefficient (Wildman–Crippen LogP) is 3.29. The van der Waals surface area contributed by atoms with Gasteiger partial charge in [0, 0.05) is 22.6 Å². The largest absolute Gasteiger partial charge is 0.496 e. The lowest BCUT2D eigenvalue weighted by molar-refractivity contribution is 0.0445. The SMILES string of the molecule is COc1cc(-c2ccccc2)nc2cc(-c3nn(C4CC(O)C4)c(N)c3C(N)=O)c(F)cc12. The number of carbonyl (C=O) groups is 1. The number of anilines is 1.